The maximum atomic E-state index is 12.5. The van der Waals surface area contributed by atoms with Gasteiger partial charge >= 0.3 is 0 Å². The molecule has 10 heteroatoms. The van der Waals surface area contributed by atoms with Crippen molar-refractivity contribution < 1.29 is 13.6 Å². The van der Waals surface area contributed by atoms with Crippen LogP contribution in [0.1, 0.15) is 17.1 Å². The molecule has 31 heavy (non-hydrogen) atoms. The number of rotatable bonds is 5. The molecule has 0 spiro atoms. The Hall–Kier alpha value is -3.01. The lowest BCUT2D eigenvalue weighted by Crippen LogP contribution is -2.35. The molecule has 0 radical (unpaired) electrons. The molecule has 154 valence electrons. The summed E-state index contributed by atoms with van der Waals surface area (Å²) in [4.78, 5) is 16.6. The molecule has 0 bridgehead atoms. The molecule has 0 saturated carbocycles. The molecule has 0 fully saturated rings. The van der Waals surface area contributed by atoms with Gasteiger partial charge in [0.05, 0.1) is 11.8 Å². The molecule has 2 aliphatic rings. The zero-order valence-electron chi connectivity index (χ0n) is 15.7. The van der Waals surface area contributed by atoms with Crippen LogP contribution in [0, 0.1) is 5.41 Å². The highest BCUT2D eigenvalue weighted by molar-refractivity contribution is 8.27. The lowest BCUT2D eigenvalue weighted by Gasteiger charge is -2.19. The zero-order chi connectivity index (χ0) is 21.4. The molecule has 4 heterocycles. The summed E-state index contributed by atoms with van der Waals surface area (Å²) in [5, 5.41) is 16.4. The predicted octanol–water partition coefficient (Wildman–Crippen LogP) is 5.49. The van der Waals surface area contributed by atoms with Crippen molar-refractivity contribution in [1.82, 2.24) is 5.01 Å². The maximum absolute atomic E-state index is 12.5. The SMILES string of the molecule is N=C1/C(=C\c2ccc(SCc3ccc(Cl)cc3)o2)C(=O)N=C2SC(c3ccco3)=NN12. The number of hydrazone groups is 1. The van der Waals surface area contributed by atoms with Crippen molar-refractivity contribution in [3.63, 3.8) is 0 Å². The number of hydrogen-bond donors (Lipinski definition) is 1. The van der Waals surface area contributed by atoms with Gasteiger partial charge in [0.1, 0.15) is 5.76 Å². The number of benzene rings is 1. The summed E-state index contributed by atoms with van der Waals surface area (Å²) in [7, 11) is 0. The van der Waals surface area contributed by atoms with Crippen molar-refractivity contribution in [2.45, 2.75) is 10.8 Å². The molecule has 7 nitrogen and oxygen atoms in total. The number of aliphatic imine (C=N–C) groups is 1. The minimum absolute atomic E-state index is 0.0594. The molecule has 2 aromatic heterocycles. The fraction of sp³-hybridized carbons (Fsp3) is 0.0476. The number of furan rings is 2. The fourth-order valence-corrected chi connectivity index (χ4v) is 4.66. The Kier molecular flexibility index (Phi) is 5.31. The topological polar surface area (TPSA) is 95.2 Å². The smallest absolute Gasteiger partial charge is 0.283 e. The normalized spacial score (nSPS) is 17.2. The van der Waals surface area contributed by atoms with Gasteiger partial charge in [-0.1, -0.05) is 35.5 Å². The Morgan fingerprint density at radius 2 is 2.03 bits per heavy atom. The van der Waals surface area contributed by atoms with Gasteiger partial charge in [0.2, 0.25) is 5.17 Å². The third kappa shape index (κ3) is 4.12. The van der Waals surface area contributed by atoms with Crippen LogP contribution in [0.25, 0.3) is 6.08 Å². The number of halogens is 1. The van der Waals surface area contributed by atoms with E-state index in [1.165, 1.54) is 34.6 Å². The van der Waals surface area contributed by atoms with Crippen LogP contribution < -0.4 is 0 Å². The lowest BCUT2D eigenvalue weighted by molar-refractivity contribution is -0.114. The monoisotopic (exact) mass is 468 g/mol. The van der Waals surface area contributed by atoms with E-state index in [2.05, 4.69) is 10.1 Å². The third-order valence-corrected chi connectivity index (χ3v) is 6.53. The Morgan fingerprint density at radius 1 is 1.19 bits per heavy atom. The van der Waals surface area contributed by atoms with Crippen LogP contribution in [0.5, 0.6) is 0 Å². The number of nitrogens with one attached hydrogen (secondary N) is 1. The average Bonchev–Trinajstić information content (AvgIpc) is 3.51. The fourth-order valence-electron chi connectivity index (χ4n) is 2.86. The van der Waals surface area contributed by atoms with E-state index in [4.69, 9.17) is 25.8 Å². The highest BCUT2D eigenvalue weighted by Crippen LogP contribution is 2.32. The second kappa shape index (κ2) is 8.26. The van der Waals surface area contributed by atoms with Gasteiger partial charge in [-0.15, -0.1) is 0 Å². The summed E-state index contributed by atoms with van der Waals surface area (Å²) < 4.78 is 11.2. The predicted molar refractivity (Wildman–Crippen MR) is 123 cm³/mol. The molecule has 1 amide bonds. The van der Waals surface area contributed by atoms with Crippen LogP contribution in [-0.2, 0) is 10.5 Å². The van der Waals surface area contributed by atoms with E-state index in [1.807, 2.05) is 30.3 Å². The quantitative estimate of drug-likeness (QED) is 0.393. The number of fused-ring (bicyclic) bond motifs is 1. The maximum Gasteiger partial charge on any atom is 0.283 e. The Labute approximate surface area is 190 Å². The van der Waals surface area contributed by atoms with Crippen molar-refractivity contribution >= 4 is 63.2 Å². The van der Waals surface area contributed by atoms with Gasteiger partial charge in [-0.2, -0.15) is 15.1 Å². The Bertz CT molecular complexity index is 1260. The molecule has 1 N–H and O–H groups in total. The summed E-state index contributed by atoms with van der Waals surface area (Å²) in [6, 6.07) is 14.7. The summed E-state index contributed by atoms with van der Waals surface area (Å²) in [5.74, 6) is 1.18. The van der Waals surface area contributed by atoms with Crippen LogP contribution >= 0.6 is 35.1 Å². The molecule has 5 rings (SSSR count). The van der Waals surface area contributed by atoms with E-state index < -0.39 is 5.91 Å². The minimum atomic E-state index is -0.508. The molecule has 2 aliphatic heterocycles. The van der Waals surface area contributed by atoms with Crippen LogP contribution in [0.4, 0.5) is 0 Å². The molecular formula is C21H13ClN4O3S2. The highest BCUT2D eigenvalue weighted by Gasteiger charge is 2.36. The van der Waals surface area contributed by atoms with Gasteiger partial charge in [-0.25, -0.2) is 0 Å². The van der Waals surface area contributed by atoms with Gasteiger partial charge in [-0.3, -0.25) is 10.2 Å². The van der Waals surface area contributed by atoms with Gasteiger partial charge in [0.25, 0.3) is 5.91 Å². The highest BCUT2D eigenvalue weighted by atomic mass is 35.5. The van der Waals surface area contributed by atoms with Crippen LogP contribution in [0.15, 0.2) is 84.4 Å². The van der Waals surface area contributed by atoms with Crippen molar-refractivity contribution in [2.24, 2.45) is 10.1 Å². The molecule has 0 aliphatic carbocycles. The van der Waals surface area contributed by atoms with Crippen LogP contribution in [-0.4, -0.2) is 27.0 Å². The van der Waals surface area contributed by atoms with Gasteiger partial charge in [-0.05, 0) is 59.8 Å². The van der Waals surface area contributed by atoms with Gasteiger partial charge in [0, 0.05) is 10.8 Å². The van der Waals surface area contributed by atoms with Crippen LogP contribution in [0.2, 0.25) is 5.02 Å². The van der Waals surface area contributed by atoms with Crippen molar-refractivity contribution in [2.75, 3.05) is 0 Å². The van der Waals surface area contributed by atoms with E-state index in [0.717, 1.165) is 11.3 Å². The average molecular weight is 469 g/mol. The van der Waals surface area contributed by atoms with E-state index in [1.54, 1.807) is 24.5 Å². The molecule has 3 aromatic rings. The number of carbonyl (C=O) groups is 1. The molecule has 0 atom stereocenters. The van der Waals surface area contributed by atoms with E-state index >= 15 is 0 Å². The number of thioether (sulfide) groups is 2. The van der Waals surface area contributed by atoms with Crippen molar-refractivity contribution in [3.8, 4) is 0 Å². The first-order valence-corrected chi connectivity index (χ1v) is 11.3. The number of carbonyl (C=O) groups excluding carboxylic acids is 1. The molecular weight excluding hydrogens is 456 g/mol. The minimum Gasteiger partial charge on any atom is -0.462 e. The standard InChI is InChI=1S/C21H13ClN4O3S2/c22-13-5-3-12(4-6-13)11-30-17-8-7-14(29-17)10-15-18(23)26-21(24-19(15)27)31-20(25-26)16-2-1-9-28-16/h1-10,23H,11H2/b15-10+,23-18?. The largest absolute Gasteiger partial charge is 0.462 e. The number of amides is 1. The first-order valence-electron chi connectivity index (χ1n) is 9.08. The second-order valence-corrected chi connectivity index (χ2v) is 8.85. The molecule has 0 saturated heterocycles. The molecule has 0 unspecified atom stereocenters. The summed E-state index contributed by atoms with van der Waals surface area (Å²) in [5.41, 5.74) is 1.23. The van der Waals surface area contributed by atoms with E-state index in [-0.39, 0.29) is 11.4 Å². The number of hydrogen-bond acceptors (Lipinski definition) is 7. The Morgan fingerprint density at radius 3 is 2.81 bits per heavy atom. The summed E-state index contributed by atoms with van der Waals surface area (Å²) >= 11 is 8.63. The van der Waals surface area contributed by atoms with Gasteiger partial charge < -0.3 is 8.83 Å². The second-order valence-electron chi connectivity index (χ2n) is 6.47. The van der Waals surface area contributed by atoms with E-state index in [9.17, 15) is 4.79 Å². The number of nitrogens with zero attached hydrogens (tertiary/aromatic N) is 3. The van der Waals surface area contributed by atoms with E-state index in [0.29, 0.717) is 31.8 Å². The lowest BCUT2D eigenvalue weighted by atomic mass is 10.1. The first-order chi connectivity index (χ1) is 15.1. The number of amidine groups is 2. The van der Waals surface area contributed by atoms with Crippen LogP contribution in [0.3, 0.4) is 0 Å². The summed E-state index contributed by atoms with van der Waals surface area (Å²) in [6.07, 6.45) is 3.06. The summed E-state index contributed by atoms with van der Waals surface area (Å²) in [6.45, 7) is 0. The molecule has 1 aromatic carbocycles. The first kappa shape index (κ1) is 19.9. The zero-order valence-corrected chi connectivity index (χ0v) is 18.1. The Balaban J connectivity index is 1.32. The van der Waals surface area contributed by atoms with Gasteiger partial charge in [0.15, 0.2) is 21.7 Å². The van der Waals surface area contributed by atoms with Crippen molar-refractivity contribution in [1.29, 1.82) is 5.41 Å². The van der Waals surface area contributed by atoms with Crippen molar-refractivity contribution in [3.05, 3.63) is 82.5 Å². The third-order valence-electron chi connectivity index (χ3n) is 4.37.